The number of benzene rings is 2. The number of nitrogens with zero attached hydrogens (tertiary/aromatic N) is 1. The van der Waals surface area contributed by atoms with E-state index in [0.29, 0.717) is 109 Å². The second kappa shape index (κ2) is 21.1. The van der Waals surface area contributed by atoms with E-state index in [1.54, 1.807) is 43.5 Å². The summed E-state index contributed by atoms with van der Waals surface area (Å²) < 4.78 is 41.6. The smallest absolute Gasteiger partial charge is 0.314 e. The van der Waals surface area contributed by atoms with Crippen molar-refractivity contribution in [3.05, 3.63) is 83.9 Å². The number of fused-ring (bicyclic) bond motifs is 2. The molecule has 4 aliphatic carbocycles. The molecule has 4 aromatic rings. The van der Waals surface area contributed by atoms with Gasteiger partial charge in [-0.15, -0.1) is 11.3 Å². The van der Waals surface area contributed by atoms with E-state index in [1.807, 2.05) is 24.3 Å². The van der Waals surface area contributed by atoms with Gasteiger partial charge in [-0.3, -0.25) is 19.2 Å². The highest BCUT2D eigenvalue weighted by Crippen LogP contribution is 2.44. The number of furan rings is 1. The summed E-state index contributed by atoms with van der Waals surface area (Å²) in [5.41, 5.74) is 2.57. The van der Waals surface area contributed by atoms with Crippen LogP contribution in [0.5, 0.6) is 23.0 Å². The first-order chi connectivity index (χ1) is 31.5. The van der Waals surface area contributed by atoms with E-state index in [-0.39, 0.29) is 35.6 Å². The zero-order valence-electron chi connectivity index (χ0n) is 37.8. The Bertz CT molecular complexity index is 2440. The van der Waals surface area contributed by atoms with Crippen LogP contribution in [-0.2, 0) is 35.1 Å². The van der Waals surface area contributed by atoms with Crippen molar-refractivity contribution < 1.29 is 52.0 Å². The Balaban J connectivity index is 0.900. The Labute approximate surface area is 384 Å². The maximum Gasteiger partial charge on any atom is 0.314 e. The summed E-state index contributed by atoms with van der Waals surface area (Å²) in [6.45, 7) is 7.10. The van der Waals surface area contributed by atoms with Crippen LogP contribution in [0.3, 0.4) is 0 Å². The highest BCUT2D eigenvalue weighted by Gasteiger charge is 2.35. The average molecular weight is 906 g/mol. The lowest BCUT2D eigenvalue weighted by molar-refractivity contribution is -0.155. The number of hydrogen-bond acceptors (Lipinski definition) is 13. The number of esters is 4. The fourth-order valence-corrected chi connectivity index (χ4v) is 10.2. The van der Waals surface area contributed by atoms with Gasteiger partial charge in [0.2, 0.25) is 0 Å². The molecule has 2 atom stereocenters. The lowest BCUT2D eigenvalue weighted by atomic mass is 9.82. The molecule has 0 radical (unpaired) electrons. The SMILES string of the molecule is CCCCCCOC1=CCC(OC(=O)C2CCC(C(=O)Oc3ccc(OC(=O)C4CCC(C(=O)Oc5ccc(OC)cc5)CC4)c4sc(-c5cc6c(o5)CC(C)C=C6C)nc34)CC2)C=C1. The van der Waals surface area contributed by atoms with Crippen LogP contribution in [0.4, 0.5) is 0 Å². The predicted octanol–water partition coefficient (Wildman–Crippen LogP) is 11.5. The van der Waals surface area contributed by atoms with E-state index in [1.165, 1.54) is 24.2 Å². The van der Waals surface area contributed by atoms with Crippen molar-refractivity contribution in [3.63, 3.8) is 0 Å². The van der Waals surface area contributed by atoms with Crippen molar-refractivity contribution in [2.75, 3.05) is 13.7 Å². The third-order valence-corrected chi connectivity index (χ3v) is 14.1. The van der Waals surface area contributed by atoms with Crippen molar-refractivity contribution in [1.82, 2.24) is 4.98 Å². The number of thiazole rings is 1. The molecular weight excluding hydrogens is 847 g/mol. The van der Waals surface area contributed by atoms with Gasteiger partial charge in [-0.05, 0) is 137 Å². The maximum absolute atomic E-state index is 13.8. The molecule has 13 heteroatoms. The molecule has 2 aromatic carbocycles. The number of aromatic nitrogens is 1. The summed E-state index contributed by atoms with van der Waals surface area (Å²) in [6.07, 6.45) is 17.5. The molecule has 65 heavy (non-hydrogen) atoms. The topological polar surface area (TPSA) is 150 Å². The quantitative estimate of drug-likeness (QED) is 0.0598. The summed E-state index contributed by atoms with van der Waals surface area (Å²) in [6, 6.07) is 12.1. The minimum absolute atomic E-state index is 0.245. The zero-order chi connectivity index (χ0) is 45.5. The number of methoxy groups -OCH3 is 1. The predicted molar refractivity (Wildman–Crippen MR) is 246 cm³/mol. The van der Waals surface area contributed by atoms with Crippen LogP contribution >= 0.6 is 11.3 Å². The molecule has 344 valence electrons. The maximum atomic E-state index is 13.8. The molecule has 0 spiro atoms. The van der Waals surface area contributed by atoms with Gasteiger partial charge in [-0.1, -0.05) is 39.2 Å². The van der Waals surface area contributed by atoms with Gasteiger partial charge in [-0.25, -0.2) is 4.98 Å². The fourth-order valence-electron chi connectivity index (χ4n) is 9.21. The lowest BCUT2D eigenvalue weighted by Gasteiger charge is -2.27. The van der Waals surface area contributed by atoms with Crippen LogP contribution < -0.4 is 18.9 Å². The largest absolute Gasteiger partial charge is 0.497 e. The molecule has 4 aliphatic rings. The molecule has 0 aliphatic heterocycles. The molecule has 2 heterocycles. The molecule has 0 bridgehead atoms. The number of ether oxygens (including phenoxy) is 6. The number of rotatable bonds is 16. The molecule has 2 saturated carbocycles. The van der Waals surface area contributed by atoms with Crippen molar-refractivity contribution >= 4 is 51.0 Å². The van der Waals surface area contributed by atoms with E-state index in [0.717, 1.165) is 41.9 Å². The van der Waals surface area contributed by atoms with Crippen LogP contribution in [0.1, 0.15) is 116 Å². The lowest BCUT2D eigenvalue weighted by Crippen LogP contribution is -2.31. The van der Waals surface area contributed by atoms with E-state index in [9.17, 15) is 19.2 Å². The fraction of sp³-hybridized carbons (Fsp3) is 0.481. The summed E-state index contributed by atoms with van der Waals surface area (Å²) >= 11 is 1.31. The second-order valence-corrected chi connectivity index (χ2v) is 18.9. The minimum Gasteiger partial charge on any atom is -0.497 e. The van der Waals surface area contributed by atoms with Gasteiger partial charge < -0.3 is 32.8 Å². The number of carbonyl (C=O) groups excluding carboxylic acids is 4. The van der Waals surface area contributed by atoms with Gasteiger partial charge >= 0.3 is 23.9 Å². The molecule has 0 amide bonds. The van der Waals surface area contributed by atoms with Gasteiger partial charge in [0, 0.05) is 18.4 Å². The average Bonchev–Trinajstić information content (AvgIpc) is 3.97. The highest BCUT2D eigenvalue weighted by atomic mass is 32.1. The summed E-state index contributed by atoms with van der Waals surface area (Å²) in [5, 5.41) is 0.569. The standard InChI is InChI=1S/C52H59NO11S/c1-5-6-7-8-27-59-38-19-23-40(24-20-38)61-50(55)33-9-13-35(14-10-33)51(56)63-42-25-26-43(47-46(42)53-48(65-47)45-30-41-32(3)28-31(2)29-44(41)62-45)64-52(57)36-15-11-34(12-16-36)49(54)60-39-21-17-37(58-4)18-22-39/h17-23,25-26,28,30-31,33-36,40H,5-16,24,27,29H2,1-4H3. The van der Waals surface area contributed by atoms with E-state index >= 15 is 0 Å². The summed E-state index contributed by atoms with van der Waals surface area (Å²) in [5.74, 6) is 1.53. The molecule has 8 rings (SSSR count). The molecule has 2 aromatic heterocycles. The van der Waals surface area contributed by atoms with Gasteiger partial charge in [-0.2, -0.15) is 0 Å². The van der Waals surface area contributed by atoms with Gasteiger partial charge in [0.05, 0.1) is 37.4 Å². The van der Waals surface area contributed by atoms with Crippen LogP contribution in [0, 0.1) is 29.6 Å². The molecular formula is C52H59NO11S. The number of unbranched alkanes of at least 4 members (excludes halogenated alkanes) is 3. The normalized spacial score (nSPS) is 22.8. The molecule has 2 unspecified atom stereocenters. The van der Waals surface area contributed by atoms with E-state index < -0.39 is 23.8 Å². The third kappa shape index (κ3) is 11.2. The molecule has 2 fully saturated rings. The van der Waals surface area contributed by atoms with Crippen molar-refractivity contribution in [3.8, 4) is 33.8 Å². The van der Waals surface area contributed by atoms with Gasteiger partial charge in [0.1, 0.15) is 39.3 Å². The number of carbonyl (C=O) groups is 4. The van der Waals surface area contributed by atoms with Crippen LogP contribution in [-0.4, -0.2) is 48.7 Å². The minimum atomic E-state index is -0.408. The highest BCUT2D eigenvalue weighted by molar-refractivity contribution is 7.22. The third-order valence-electron chi connectivity index (χ3n) is 13.0. The van der Waals surface area contributed by atoms with E-state index in [2.05, 4.69) is 26.8 Å². The Morgan fingerprint density at radius 1 is 0.769 bits per heavy atom. The Morgan fingerprint density at radius 3 is 2.02 bits per heavy atom. The van der Waals surface area contributed by atoms with Crippen molar-refractivity contribution in [1.29, 1.82) is 0 Å². The summed E-state index contributed by atoms with van der Waals surface area (Å²) in [7, 11) is 1.57. The molecule has 0 saturated heterocycles. The van der Waals surface area contributed by atoms with Crippen LogP contribution in [0.25, 0.3) is 26.6 Å². The van der Waals surface area contributed by atoms with Crippen molar-refractivity contribution in [2.45, 2.75) is 117 Å². The van der Waals surface area contributed by atoms with Gasteiger partial charge in [0.15, 0.2) is 22.3 Å². The Kier molecular flexibility index (Phi) is 14.9. The first-order valence-corrected chi connectivity index (χ1v) is 24.1. The second-order valence-electron chi connectivity index (χ2n) is 17.9. The van der Waals surface area contributed by atoms with Crippen LogP contribution in [0.15, 0.2) is 76.9 Å². The van der Waals surface area contributed by atoms with Crippen molar-refractivity contribution in [2.24, 2.45) is 29.6 Å². The monoisotopic (exact) mass is 905 g/mol. The zero-order valence-corrected chi connectivity index (χ0v) is 38.6. The van der Waals surface area contributed by atoms with E-state index in [4.69, 9.17) is 37.8 Å². The Hall–Kier alpha value is -5.69. The Morgan fingerprint density at radius 2 is 1.38 bits per heavy atom. The first-order valence-electron chi connectivity index (χ1n) is 23.3. The van der Waals surface area contributed by atoms with Crippen LogP contribution in [0.2, 0.25) is 0 Å². The molecule has 12 nitrogen and oxygen atoms in total. The number of hydrogen-bond donors (Lipinski definition) is 0. The molecule has 0 N–H and O–H groups in total. The summed E-state index contributed by atoms with van der Waals surface area (Å²) in [4.78, 5) is 58.6. The first kappa shape index (κ1) is 45.9. The van der Waals surface area contributed by atoms with Gasteiger partial charge in [0.25, 0.3) is 0 Å². The number of allylic oxidation sites excluding steroid dienone is 3.